The van der Waals surface area contributed by atoms with Crippen molar-refractivity contribution in [2.75, 3.05) is 33.3 Å². The molecular weight excluding hydrogens is 336 g/mol. The first-order valence-electron chi connectivity index (χ1n) is 9.24. The molecule has 3 rings (SSSR count). The van der Waals surface area contributed by atoms with Gasteiger partial charge < -0.3 is 4.74 Å². The van der Waals surface area contributed by atoms with Gasteiger partial charge in [-0.2, -0.15) is 0 Å². The minimum atomic E-state index is -3.13. The smallest absolute Gasteiger partial charge is 0.217 e. The second-order valence-corrected chi connectivity index (χ2v) is 9.91. The lowest BCUT2D eigenvalue weighted by Crippen LogP contribution is -2.34. The normalized spacial score (nSPS) is 27.2. The van der Waals surface area contributed by atoms with Crippen LogP contribution in [0.1, 0.15) is 32.3 Å². The molecule has 0 aliphatic carbocycles. The van der Waals surface area contributed by atoms with Crippen molar-refractivity contribution in [2.24, 2.45) is 11.8 Å². The maximum atomic E-state index is 12.9. The molecule has 0 spiro atoms. The maximum Gasteiger partial charge on any atom is 0.217 e. The number of rotatable bonds is 5. The second-order valence-electron chi connectivity index (χ2n) is 7.76. The van der Waals surface area contributed by atoms with E-state index >= 15 is 0 Å². The van der Waals surface area contributed by atoms with E-state index < -0.39 is 10.0 Å². The monoisotopic (exact) mass is 366 g/mol. The summed E-state index contributed by atoms with van der Waals surface area (Å²) in [5.74, 6) is 1.52. The number of ether oxygens (including phenoxy) is 1. The zero-order valence-corrected chi connectivity index (χ0v) is 16.3. The number of nitrogens with zero attached hydrogens (tertiary/aromatic N) is 2. The minimum Gasteiger partial charge on any atom is -0.497 e. The molecule has 0 amide bonds. The third kappa shape index (κ3) is 4.18. The second kappa shape index (κ2) is 7.64. The number of hydrogen-bond donors (Lipinski definition) is 0. The van der Waals surface area contributed by atoms with Crippen LogP contribution in [0.25, 0.3) is 0 Å². The van der Waals surface area contributed by atoms with Crippen LogP contribution in [0.15, 0.2) is 24.3 Å². The van der Waals surface area contributed by atoms with E-state index in [0.29, 0.717) is 19.0 Å². The lowest BCUT2D eigenvalue weighted by atomic mass is 10.0. The number of methoxy groups -OCH3 is 1. The van der Waals surface area contributed by atoms with Crippen LogP contribution < -0.4 is 4.74 Å². The van der Waals surface area contributed by atoms with Crippen LogP contribution in [0, 0.1) is 11.8 Å². The molecular formula is C19H30N2O3S. The average Bonchev–Trinajstić information content (AvgIpc) is 2.71. The molecule has 1 aromatic rings. The molecule has 25 heavy (non-hydrogen) atoms. The molecule has 0 N–H and O–H groups in total. The molecule has 1 aromatic carbocycles. The topological polar surface area (TPSA) is 49.9 Å². The average molecular weight is 367 g/mol. The Morgan fingerprint density at radius 2 is 2.00 bits per heavy atom. The largest absolute Gasteiger partial charge is 0.497 e. The third-order valence-corrected chi connectivity index (χ3v) is 7.77. The molecule has 2 fully saturated rings. The van der Waals surface area contributed by atoms with E-state index in [1.54, 1.807) is 11.4 Å². The minimum absolute atomic E-state index is 0.193. The van der Waals surface area contributed by atoms with E-state index in [4.69, 9.17) is 4.74 Å². The molecule has 0 aromatic heterocycles. The summed E-state index contributed by atoms with van der Waals surface area (Å²) in [4.78, 5) is 2.38. The van der Waals surface area contributed by atoms with Gasteiger partial charge in [-0.15, -0.1) is 0 Å². The number of hydrogen-bond acceptors (Lipinski definition) is 4. The van der Waals surface area contributed by atoms with Gasteiger partial charge in [0.05, 0.1) is 12.4 Å². The summed E-state index contributed by atoms with van der Waals surface area (Å²) in [7, 11) is -1.45. The van der Waals surface area contributed by atoms with Crippen LogP contribution in [0.5, 0.6) is 5.75 Å². The Morgan fingerprint density at radius 3 is 2.72 bits per heavy atom. The molecule has 0 radical (unpaired) electrons. The van der Waals surface area contributed by atoms with Gasteiger partial charge in [0.2, 0.25) is 10.0 Å². The van der Waals surface area contributed by atoms with E-state index in [9.17, 15) is 8.42 Å². The number of sulfonamides is 1. The highest BCUT2D eigenvalue weighted by Crippen LogP contribution is 2.35. The molecule has 2 aliphatic rings. The van der Waals surface area contributed by atoms with Crippen molar-refractivity contribution in [3.8, 4) is 5.75 Å². The van der Waals surface area contributed by atoms with Crippen LogP contribution in [-0.4, -0.2) is 56.2 Å². The summed E-state index contributed by atoms with van der Waals surface area (Å²) < 4.78 is 32.7. The van der Waals surface area contributed by atoms with Gasteiger partial charge in [0.1, 0.15) is 5.75 Å². The first-order valence-corrected chi connectivity index (χ1v) is 10.7. The van der Waals surface area contributed by atoms with E-state index in [1.165, 1.54) is 5.56 Å². The van der Waals surface area contributed by atoms with Crippen molar-refractivity contribution in [1.29, 1.82) is 0 Å². The summed E-state index contributed by atoms with van der Waals surface area (Å²) >= 11 is 0. The molecule has 0 unspecified atom stereocenters. The Morgan fingerprint density at radius 1 is 1.24 bits per heavy atom. The van der Waals surface area contributed by atoms with Crippen molar-refractivity contribution in [3.05, 3.63) is 29.8 Å². The predicted octanol–water partition coefficient (Wildman–Crippen LogP) is 2.58. The van der Waals surface area contributed by atoms with Gasteiger partial charge >= 0.3 is 0 Å². The summed E-state index contributed by atoms with van der Waals surface area (Å²) in [6, 6.07) is 8.13. The fourth-order valence-electron chi connectivity index (χ4n) is 4.12. The Balaban J connectivity index is 1.65. The third-order valence-electron chi connectivity index (χ3n) is 5.36. The highest BCUT2D eigenvalue weighted by atomic mass is 32.2. The molecule has 140 valence electrons. The van der Waals surface area contributed by atoms with Gasteiger partial charge in [0.25, 0.3) is 0 Å². The van der Waals surface area contributed by atoms with Crippen LogP contribution in [0.4, 0.5) is 0 Å². The highest BCUT2D eigenvalue weighted by Gasteiger charge is 2.46. The summed E-state index contributed by atoms with van der Waals surface area (Å²) in [6.45, 7) is 8.18. The van der Waals surface area contributed by atoms with Crippen molar-refractivity contribution in [3.63, 3.8) is 0 Å². The molecule has 6 heteroatoms. The van der Waals surface area contributed by atoms with Gasteiger partial charge in [-0.3, -0.25) is 4.90 Å². The fraction of sp³-hybridized carbons (Fsp3) is 0.684. The van der Waals surface area contributed by atoms with Crippen LogP contribution in [0.2, 0.25) is 0 Å². The molecule has 0 saturated carbocycles. The SMILES string of the molecule is COc1cccc(CN2CC[C@@H]3CN(CC(C)C)S(=O)(=O)[C@@H]3CC2)c1. The molecule has 2 heterocycles. The van der Waals surface area contributed by atoms with Crippen molar-refractivity contribution >= 4 is 10.0 Å². The summed E-state index contributed by atoms with van der Waals surface area (Å²) in [5.41, 5.74) is 1.22. The maximum absolute atomic E-state index is 12.9. The van der Waals surface area contributed by atoms with Gasteiger partial charge in [0, 0.05) is 19.6 Å². The Hall–Kier alpha value is -1.11. The van der Waals surface area contributed by atoms with E-state index in [0.717, 1.165) is 38.2 Å². The summed E-state index contributed by atoms with van der Waals surface area (Å²) in [6.07, 6.45) is 1.70. The Kier molecular flexibility index (Phi) is 5.71. The first kappa shape index (κ1) is 18.7. The van der Waals surface area contributed by atoms with E-state index in [-0.39, 0.29) is 11.2 Å². The standard InChI is InChI=1S/C19H30N2O3S/c1-15(2)12-21-14-17-7-9-20(10-8-19(17)25(21,22)23)13-16-5-4-6-18(11-16)24-3/h4-6,11,15,17,19H,7-10,12-14H2,1-3H3/t17-,19-/m1/s1. The van der Waals surface area contributed by atoms with Crippen LogP contribution in [0.3, 0.4) is 0 Å². The van der Waals surface area contributed by atoms with Crippen molar-refractivity contribution in [2.45, 2.75) is 38.5 Å². The molecule has 2 saturated heterocycles. The lowest BCUT2D eigenvalue weighted by molar-refractivity contribution is 0.265. The fourth-order valence-corrected chi connectivity index (χ4v) is 6.52. The molecule has 2 atom stereocenters. The number of fused-ring (bicyclic) bond motifs is 1. The van der Waals surface area contributed by atoms with Crippen LogP contribution >= 0.6 is 0 Å². The van der Waals surface area contributed by atoms with Gasteiger partial charge in [0.15, 0.2) is 0 Å². The Bertz CT molecular complexity index is 690. The molecule has 2 aliphatic heterocycles. The lowest BCUT2D eigenvalue weighted by Gasteiger charge is -2.22. The quantitative estimate of drug-likeness (QED) is 0.804. The van der Waals surface area contributed by atoms with Crippen molar-refractivity contribution in [1.82, 2.24) is 9.21 Å². The number of likely N-dealkylation sites (tertiary alicyclic amines) is 1. The Labute approximate surface area is 152 Å². The molecule has 5 nitrogen and oxygen atoms in total. The first-order chi connectivity index (χ1) is 11.9. The zero-order chi connectivity index (χ0) is 18.0. The van der Waals surface area contributed by atoms with Gasteiger partial charge in [-0.1, -0.05) is 26.0 Å². The van der Waals surface area contributed by atoms with Gasteiger partial charge in [-0.25, -0.2) is 12.7 Å². The van der Waals surface area contributed by atoms with E-state index in [1.807, 2.05) is 12.1 Å². The zero-order valence-electron chi connectivity index (χ0n) is 15.5. The predicted molar refractivity (Wildman–Crippen MR) is 100 cm³/mol. The van der Waals surface area contributed by atoms with Crippen LogP contribution in [-0.2, 0) is 16.6 Å². The highest BCUT2D eigenvalue weighted by molar-refractivity contribution is 7.90. The number of benzene rings is 1. The molecule has 0 bridgehead atoms. The van der Waals surface area contributed by atoms with E-state index in [2.05, 4.69) is 30.9 Å². The van der Waals surface area contributed by atoms with Crippen molar-refractivity contribution < 1.29 is 13.2 Å². The van der Waals surface area contributed by atoms with Gasteiger partial charge in [-0.05, 0) is 55.5 Å². The summed E-state index contributed by atoms with van der Waals surface area (Å²) in [5, 5.41) is -0.193.